The second-order valence-electron chi connectivity index (χ2n) is 8.69. The van der Waals surface area contributed by atoms with Gasteiger partial charge >= 0.3 is 0 Å². The second kappa shape index (κ2) is 10.2. The molecule has 9 heteroatoms. The van der Waals surface area contributed by atoms with Crippen LogP contribution in [0.2, 0.25) is 0 Å². The monoisotopic (exact) mass is 474 g/mol. The molecule has 0 spiro atoms. The molecule has 2 aromatic heterocycles. The first-order valence-corrected chi connectivity index (χ1v) is 11.5. The highest BCUT2D eigenvalue weighted by Gasteiger charge is 2.46. The van der Waals surface area contributed by atoms with E-state index in [2.05, 4.69) is 20.6 Å². The number of fused-ring (bicyclic) bond motifs is 3. The molecule has 0 saturated carbocycles. The number of aliphatic hydroxyl groups is 1. The van der Waals surface area contributed by atoms with Crippen molar-refractivity contribution in [2.24, 2.45) is 0 Å². The van der Waals surface area contributed by atoms with Crippen LogP contribution in [0.25, 0.3) is 0 Å². The molecule has 3 N–H and O–H groups in total. The summed E-state index contributed by atoms with van der Waals surface area (Å²) in [6.07, 6.45) is 5.97. The van der Waals surface area contributed by atoms with E-state index in [1.165, 1.54) is 6.20 Å². The van der Waals surface area contributed by atoms with Crippen LogP contribution in [0.5, 0.6) is 5.75 Å². The van der Waals surface area contributed by atoms with Crippen molar-refractivity contribution in [3.63, 3.8) is 0 Å². The summed E-state index contributed by atoms with van der Waals surface area (Å²) < 4.78 is 12.1. The van der Waals surface area contributed by atoms with Crippen LogP contribution in [-0.2, 0) is 16.1 Å². The van der Waals surface area contributed by atoms with Gasteiger partial charge in [-0.1, -0.05) is 0 Å². The summed E-state index contributed by atoms with van der Waals surface area (Å²) in [6.45, 7) is 0.199. The topological polar surface area (TPSA) is 123 Å². The Bertz CT molecular complexity index is 1190. The van der Waals surface area contributed by atoms with Crippen molar-refractivity contribution in [2.75, 3.05) is 11.9 Å². The molecule has 5 rings (SSSR count). The summed E-state index contributed by atoms with van der Waals surface area (Å²) in [7, 11) is 0. The fourth-order valence-corrected chi connectivity index (χ4v) is 4.65. The van der Waals surface area contributed by atoms with Crippen molar-refractivity contribution in [3.05, 3.63) is 83.9 Å². The minimum Gasteiger partial charge on any atom is -0.487 e. The first-order valence-electron chi connectivity index (χ1n) is 11.5. The molecule has 4 heterocycles. The quantitative estimate of drug-likeness (QED) is 0.481. The van der Waals surface area contributed by atoms with Gasteiger partial charge in [0, 0.05) is 48.5 Å². The van der Waals surface area contributed by atoms with E-state index in [1.807, 2.05) is 24.3 Å². The number of anilines is 1. The minimum absolute atomic E-state index is 0.0656. The number of hydrogen-bond acceptors (Lipinski definition) is 7. The fraction of sp³-hybridized carbons (Fsp3) is 0.308. The van der Waals surface area contributed by atoms with E-state index < -0.39 is 6.10 Å². The molecule has 1 saturated heterocycles. The van der Waals surface area contributed by atoms with E-state index in [-0.39, 0.29) is 43.0 Å². The zero-order valence-corrected chi connectivity index (χ0v) is 19.0. The van der Waals surface area contributed by atoms with E-state index in [0.717, 1.165) is 11.1 Å². The highest BCUT2D eigenvalue weighted by atomic mass is 16.6. The van der Waals surface area contributed by atoms with E-state index in [1.54, 1.807) is 36.8 Å². The van der Waals surface area contributed by atoms with Crippen LogP contribution < -0.4 is 15.4 Å². The van der Waals surface area contributed by atoms with Gasteiger partial charge in [-0.3, -0.25) is 19.6 Å². The van der Waals surface area contributed by atoms with E-state index in [9.17, 15) is 14.7 Å². The molecule has 0 bridgehead atoms. The first-order chi connectivity index (χ1) is 17.1. The molecule has 4 atom stereocenters. The van der Waals surface area contributed by atoms with Crippen LogP contribution in [0.3, 0.4) is 0 Å². The third-order valence-electron chi connectivity index (χ3n) is 6.33. The smallest absolute Gasteiger partial charge is 0.257 e. The van der Waals surface area contributed by atoms with Crippen LogP contribution in [0.15, 0.2) is 67.3 Å². The lowest BCUT2D eigenvalue weighted by Gasteiger charge is -2.37. The Morgan fingerprint density at radius 1 is 1.09 bits per heavy atom. The van der Waals surface area contributed by atoms with Gasteiger partial charge in [0.15, 0.2) is 0 Å². The van der Waals surface area contributed by atoms with Gasteiger partial charge in [0.2, 0.25) is 5.91 Å². The largest absolute Gasteiger partial charge is 0.487 e. The van der Waals surface area contributed by atoms with Crippen molar-refractivity contribution < 1.29 is 24.2 Å². The zero-order valence-electron chi connectivity index (χ0n) is 19.0. The molecule has 35 heavy (non-hydrogen) atoms. The average Bonchev–Trinajstić information content (AvgIpc) is 3.26. The minimum atomic E-state index is -0.549. The summed E-state index contributed by atoms with van der Waals surface area (Å²) in [5, 5.41) is 15.8. The summed E-state index contributed by atoms with van der Waals surface area (Å²) in [6, 6.07) is 12.6. The van der Waals surface area contributed by atoms with Crippen molar-refractivity contribution in [1.82, 2.24) is 15.3 Å². The number of carbonyl (C=O) groups excluding carboxylic acids is 2. The number of nitrogens with one attached hydrogen (secondary N) is 2. The van der Waals surface area contributed by atoms with E-state index in [4.69, 9.17) is 9.47 Å². The summed E-state index contributed by atoms with van der Waals surface area (Å²) >= 11 is 0. The number of nitrogens with zero attached hydrogens (tertiary/aromatic N) is 2. The Labute approximate surface area is 202 Å². The molecule has 180 valence electrons. The van der Waals surface area contributed by atoms with Gasteiger partial charge in [-0.15, -0.1) is 0 Å². The number of benzene rings is 1. The second-order valence-corrected chi connectivity index (χ2v) is 8.69. The Balaban J connectivity index is 1.26. The molecule has 1 aromatic carbocycles. The summed E-state index contributed by atoms with van der Waals surface area (Å²) in [5.41, 5.74) is 3.00. The average molecular weight is 475 g/mol. The lowest BCUT2D eigenvalue weighted by Crippen LogP contribution is -2.47. The van der Waals surface area contributed by atoms with Gasteiger partial charge in [0.05, 0.1) is 24.7 Å². The Hall–Kier alpha value is -3.82. The van der Waals surface area contributed by atoms with Crippen molar-refractivity contribution in [1.29, 1.82) is 0 Å². The van der Waals surface area contributed by atoms with Gasteiger partial charge in [-0.25, -0.2) is 0 Å². The maximum atomic E-state index is 12.6. The van der Waals surface area contributed by atoms with Crippen molar-refractivity contribution in [3.8, 4) is 5.75 Å². The maximum absolute atomic E-state index is 12.6. The number of ether oxygens (including phenoxy) is 2. The molecular formula is C26H26N4O5. The number of aromatic nitrogens is 2. The standard InChI is InChI=1S/C26H26N4O5/c31-15-23-25-21(11-19(34-23)12-24(32)29-13-16-5-8-27-9-6-16)20-10-18(3-4-22(20)35-25)30-26(33)17-2-1-7-28-14-17/h1-10,14,19,21,23,25,31H,11-13,15H2,(H,29,32)(H,30,33)/t19-,21+,23+,25-/m0/s1. The van der Waals surface area contributed by atoms with Gasteiger partial charge in [-0.05, 0) is 54.4 Å². The number of rotatable bonds is 7. The Morgan fingerprint density at radius 2 is 1.94 bits per heavy atom. The molecule has 1 fully saturated rings. The molecule has 0 aliphatic carbocycles. The van der Waals surface area contributed by atoms with Crippen LogP contribution in [0.4, 0.5) is 5.69 Å². The van der Waals surface area contributed by atoms with Gasteiger partial charge in [-0.2, -0.15) is 0 Å². The lowest BCUT2D eigenvalue weighted by atomic mass is 9.84. The van der Waals surface area contributed by atoms with Crippen LogP contribution in [0, 0.1) is 0 Å². The third kappa shape index (κ3) is 5.16. The highest BCUT2D eigenvalue weighted by molar-refractivity contribution is 6.04. The molecule has 2 amide bonds. The van der Waals surface area contributed by atoms with Crippen molar-refractivity contribution in [2.45, 2.75) is 43.6 Å². The van der Waals surface area contributed by atoms with Gasteiger partial charge < -0.3 is 25.2 Å². The maximum Gasteiger partial charge on any atom is 0.257 e. The van der Waals surface area contributed by atoms with Crippen molar-refractivity contribution >= 4 is 17.5 Å². The highest BCUT2D eigenvalue weighted by Crippen LogP contribution is 2.47. The fourth-order valence-electron chi connectivity index (χ4n) is 4.65. The van der Waals surface area contributed by atoms with Crippen LogP contribution in [0.1, 0.15) is 40.2 Å². The Kier molecular flexibility index (Phi) is 6.69. The molecule has 0 unspecified atom stereocenters. The summed E-state index contributed by atoms with van der Waals surface area (Å²) in [5.74, 6) is 0.254. The SMILES string of the molecule is O=C(C[C@@H]1C[C@@H]2c3cc(NC(=O)c4cccnc4)ccc3O[C@@H]2[C@@H](CO)O1)NCc1ccncc1. The normalized spacial score (nSPS) is 22.4. The molecule has 0 radical (unpaired) electrons. The Morgan fingerprint density at radius 3 is 2.71 bits per heavy atom. The zero-order chi connectivity index (χ0) is 24.2. The molecule has 2 aliphatic heterocycles. The molecular weight excluding hydrogens is 448 g/mol. The van der Waals surface area contributed by atoms with E-state index >= 15 is 0 Å². The van der Waals surface area contributed by atoms with Crippen LogP contribution in [-0.4, -0.2) is 51.8 Å². The number of carbonyl (C=O) groups is 2. The first kappa shape index (κ1) is 22.9. The summed E-state index contributed by atoms with van der Waals surface area (Å²) in [4.78, 5) is 33.1. The number of pyridine rings is 2. The predicted molar refractivity (Wildman–Crippen MR) is 127 cm³/mol. The molecule has 9 nitrogen and oxygen atoms in total. The van der Waals surface area contributed by atoms with Gasteiger partial charge in [0.1, 0.15) is 18.0 Å². The molecule has 3 aromatic rings. The number of aliphatic hydroxyl groups excluding tert-OH is 1. The number of amides is 2. The molecule has 2 aliphatic rings. The van der Waals surface area contributed by atoms with Crippen LogP contribution >= 0.6 is 0 Å². The third-order valence-corrected chi connectivity index (χ3v) is 6.33. The van der Waals surface area contributed by atoms with E-state index in [0.29, 0.717) is 30.0 Å². The predicted octanol–water partition coefficient (Wildman–Crippen LogP) is 2.43. The number of hydrogen-bond donors (Lipinski definition) is 3. The van der Waals surface area contributed by atoms with Gasteiger partial charge in [0.25, 0.3) is 5.91 Å². The lowest BCUT2D eigenvalue weighted by molar-refractivity contribution is -0.142.